The molecule has 8 aromatic rings. The van der Waals surface area contributed by atoms with Gasteiger partial charge in [-0.05, 0) is 84.9 Å². The Hall–Kier alpha value is -5.73. The SMILES string of the molecule is Clc1coc2ccc(N(c3ccccc3)c3ccccc3)cc12.OB(O)c1coc2ccc(N(c3ccccc3)c3ccccc3)cc12. The van der Waals surface area contributed by atoms with Crippen molar-refractivity contribution in [2.45, 2.75) is 0 Å². The normalized spacial score (nSPS) is 10.8. The van der Waals surface area contributed by atoms with Crippen LogP contribution in [0.3, 0.4) is 0 Å². The molecule has 0 atom stereocenters. The first-order chi connectivity index (χ1) is 23.6. The van der Waals surface area contributed by atoms with Gasteiger partial charge in [0.05, 0.1) is 11.3 Å². The maximum Gasteiger partial charge on any atom is 0.492 e. The predicted molar refractivity (Wildman–Crippen MR) is 197 cm³/mol. The zero-order valence-electron chi connectivity index (χ0n) is 25.7. The minimum atomic E-state index is -1.57. The van der Waals surface area contributed by atoms with Crippen molar-refractivity contribution in [3.05, 3.63) is 175 Å². The molecule has 0 spiro atoms. The van der Waals surface area contributed by atoms with E-state index < -0.39 is 7.12 Å². The standard InChI is InChI=1S/C20H16BNO3.C20H14ClNO/c23-21(24)19-14-25-20-12-11-17(13-18(19)20)22(15-7-3-1-4-8-15)16-9-5-2-6-10-16;21-19-14-23-20-12-11-17(13-18(19)20)22(15-7-3-1-4-8-15)16-9-5-2-6-10-16/h1-14,23-24H;1-14H. The Balaban J connectivity index is 0.000000152. The lowest BCUT2D eigenvalue weighted by molar-refractivity contribution is 0.425. The van der Waals surface area contributed by atoms with E-state index in [-0.39, 0.29) is 0 Å². The number of hydrogen-bond donors (Lipinski definition) is 2. The van der Waals surface area contributed by atoms with Gasteiger partial charge in [-0.1, -0.05) is 84.4 Å². The second kappa shape index (κ2) is 14.0. The molecule has 6 aromatic carbocycles. The van der Waals surface area contributed by atoms with Gasteiger partial charge in [0.15, 0.2) is 0 Å². The van der Waals surface area contributed by atoms with Crippen molar-refractivity contribution in [1.29, 1.82) is 0 Å². The van der Waals surface area contributed by atoms with Crippen molar-refractivity contribution in [2.75, 3.05) is 9.80 Å². The van der Waals surface area contributed by atoms with Gasteiger partial charge in [-0.25, -0.2) is 0 Å². The Morgan fingerprint density at radius 2 is 0.812 bits per heavy atom. The molecule has 0 aliphatic heterocycles. The number of nitrogens with zero attached hydrogens (tertiary/aromatic N) is 2. The van der Waals surface area contributed by atoms with E-state index in [0.29, 0.717) is 21.5 Å². The van der Waals surface area contributed by atoms with Crippen molar-refractivity contribution in [1.82, 2.24) is 0 Å². The van der Waals surface area contributed by atoms with Crippen LogP contribution in [0.25, 0.3) is 21.9 Å². The number of hydrogen-bond acceptors (Lipinski definition) is 6. The second-order valence-electron chi connectivity index (χ2n) is 11.0. The van der Waals surface area contributed by atoms with Crippen LogP contribution in [0.15, 0.2) is 179 Å². The minimum absolute atomic E-state index is 0.359. The fraction of sp³-hybridized carbons (Fsp3) is 0. The minimum Gasteiger partial charge on any atom is -0.465 e. The molecule has 0 saturated heterocycles. The van der Waals surface area contributed by atoms with Crippen molar-refractivity contribution >= 4 is 80.2 Å². The molecular formula is C40H30BClN2O4. The molecular weight excluding hydrogens is 619 g/mol. The van der Waals surface area contributed by atoms with Crippen LogP contribution in [0.2, 0.25) is 5.02 Å². The average molecular weight is 649 g/mol. The summed E-state index contributed by atoms with van der Waals surface area (Å²) in [5, 5.41) is 21.3. The zero-order chi connectivity index (χ0) is 32.9. The molecule has 2 heterocycles. The molecule has 0 saturated carbocycles. The zero-order valence-corrected chi connectivity index (χ0v) is 26.5. The summed E-state index contributed by atoms with van der Waals surface area (Å²) in [6, 6.07) is 52.4. The Kier molecular flexibility index (Phi) is 8.98. The summed E-state index contributed by atoms with van der Waals surface area (Å²) in [5.74, 6) is 0. The van der Waals surface area contributed by atoms with E-state index in [1.165, 1.54) is 6.26 Å². The molecule has 8 heteroatoms. The van der Waals surface area contributed by atoms with Gasteiger partial charge in [-0.3, -0.25) is 0 Å². The van der Waals surface area contributed by atoms with Crippen molar-refractivity contribution in [2.24, 2.45) is 0 Å². The predicted octanol–water partition coefficient (Wildman–Crippen LogP) is 10.1. The second-order valence-corrected chi connectivity index (χ2v) is 11.4. The molecule has 0 unspecified atom stereocenters. The molecule has 2 N–H and O–H groups in total. The third kappa shape index (κ3) is 6.43. The molecule has 0 amide bonds. The van der Waals surface area contributed by atoms with Gasteiger partial charge in [0.2, 0.25) is 0 Å². The van der Waals surface area contributed by atoms with Gasteiger partial charge in [0.1, 0.15) is 17.4 Å². The number of rotatable bonds is 7. The number of halogens is 1. The molecule has 0 aliphatic rings. The van der Waals surface area contributed by atoms with Crippen LogP contribution in [0.1, 0.15) is 0 Å². The van der Waals surface area contributed by atoms with Crippen molar-refractivity contribution in [3.63, 3.8) is 0 Å². The topological polar surface area (TPSA) is 73.2 Å². The third-order valence-corrected chi connectivity index (χ3v) is 8.24. The summed E-state index contributed by atoms with van der Waals surface area (Å²) < 4.78 is 10.9. The van der Waals surface area contributed by atoms with E-state index in [0.717, 1.165) is 45.1 Å². The summed E-state index contributed by atoms with van der Waals surface area (Å²) in [6.45, 7) is 0. The number of benzene rings is 6. The van der Waals surface area contributed by atoms with Gasteiger partial charge in [-0.15, -0.1) is 0 Å². The molecule has 0 radical (unpaired) electrons. The fourth-order valence-electron chi connectivity index (χ4n) is 5.70. The van der Waals surface area contributed by atoms with E-state index in [1.54, 1.807) is 6.26 Å². The monoisotopic (exact) mass is 648 g/mol. The lowest BCUT2D eigenvalue weighted by atomic mass is 9.80. The first-order valence-corrected chi connectivity index (χ1v) is 15.8. The van der Waals surface area contributed by atoms with Crippen molar-refractivity contribution < 1.29 is 18.9 Å². The van der Waals surface area contributed by atoms with Gasteiger partial charge in [0, 0.05) is 50.4 Å². The molecule has 6 nitrogen and oxygen atoms in total. The van der Waals surface area contributed by atoms with Crippen LogP contribution in [-0.4, -0.2) is 17.2 Å². The molecule has 234 valence electrons. The first kappa shape index (κ1) is 30.9. The van der Waals surface area contributed by atoms with Crippen molar-refractivity contribution in [3.8, 4) is 0 Å². The summed E-state index contributed by atoms with van der Waals surface area (Å²) in [6.07, 6.45) is 2.96. The van der Waals surface area contributed by atoms with E-state index in [4.69, 9.17) is 20.4 Å². The molecule has 0 fully saturated rings. The molecule has 0 aliphatic carbocycles. The van der Waals surface area contributed by atoms with Crippen LogP contribution in [0.5, 0.6) is 0 Å². The average Bonchev–Trinajstić information content (AvgIpc) is 3.74. The first-order valence-electron chi connectivity index (χ1n) is 15.4. The lowest BCUT2D eigenvalue weighted by Crippen LogP contribution is -2.28. The van der Waals surface area contributed by atoms with E-state index in [9.17, 15) is 10.0 Å². The highest BCUT2D eigenvalue weighted by molar-refractivity contribution is 6.61. The van der Waals surface area contributed by atoms with Gasteiger partial charge in [0.25, 0.3) is 0 Å². The van der Waals surface area contributed by atoms with Crippen LogP contribution >= 0.6 is 11.6 Å². The number of para-hydroxylation sites is 4. The van der Waals surface area contributed by atoms with Crippen LogP contribution in [-0.2, 0) is 0 Å². The number of anilines is 6. The molecule has 0 bridgehead atoms. The quantitative estimate of drug-likeness (QED) is 0.168. The summed E-state index contributed by atoms with van der Waals surface area (Å²) >= 11 is 6.23. The third-order valence-electron chi connectivity index (χ3n) is 7.95. The number of fused-ring (bicyclic) bond motifs is 2. The summed E-state index contributed by atoms with van der Waals surface area (Å²) in [4.78, 5) is 4.31. The molecule has 8 rings (SSSR count). The number of furan rings is 2. The molecule has 48 heavy (non-hydrogen) atoms. The molecule has 2 aromatic heterocycles. The maximum absolute atomic E-state index is 9.56. The highest BCUT2D eigenvalue weighted by Gasteiger charge is 2.20. The van der Waals surface area contributed by atoms with Crippen LogP contribution in [0.4, 0.5) is 34.1 Å². The Labute approximate surface area is 283 Å². The van der Waals surface area contributed by atoms with E-state index >= 15 is 0 Å². The highest BCUT2D eigenvalue weighted by Crippen LogP contribution is 2.38. The lowest BCUT2D eigenvalue weighted by Gasteiger charge is -2.25. The summed E-state index contributed by atoms with van der Waals surface area (Å²) in [7, 11) is -1.57. The van der Waals surface area contributed by atoms with Gasteiger partial charge < -0.3 is 28.7 Å². The Morgan fingerprint density at radius 1 is 0.438 bits per heavy atom. The Bertz CT molecular complexity index is 2160. The van der Waals surface area contributed by atoms with Crippen LogP contribution in [0, 0.1) is 0 Å². The maximum atomic E-state index is 9.56. The fourth-order valence-corrected chi connectivity index (χ4v) is 5.90. The highest BCUT2D eigenvalue weighted by atomic mass is 35.5. The van der Waals surface area contributed by atoms with E-state index in [2.05, 4.69) is 40.1 Å². The summed E-state index contributed by atoms with van der Waals surface area (Å²) in [5.41, 5.74) is 7.94. The van der Waals surface area contributed by atoms with Gasteiger partial charge >= 0.3 is 7.12 Å². The van der Waals surface area contributed by atoms with E-state index in [1.807, 2.05) is 127 Å². The van der Waals surface area contributed by atoms with Crippen LogP contribution < -0.4 is 15.3 Å². The smallest absolute Gasteiger partial charge is 0.465 e. The van der Waals surface area contributed by atoms with Gasteiger partial charge in [-0.2, -0.15) is 0 Å². The Morgan fingerprint density at radius 3 is 1.23 bits per heavy atom. The largest absolute Gasteiger partial charge is 0.492 e.